The lowest BCUT2D eigenvalue weighted by Crippen LogP contribution is -2.41. The standard InChI is InChI=1S/C11H17NO5S/c1-8(2)10(7-16-3)12-18(14,15)11-5-4-9(6-13)17-11/h4-6,8,10,12H,7H2,1-3H3. The molecule has 0 amide bonds. The Hall–Kier alpha value is -1.18. The molecule has 0 saturated heterocycles. The van der Waals surface area contributed by atoms with Crippen molar-refractivity contribution in [2.45, 2.75) is 25.0 Å². The zero-order valence-electron chi connectivity index (χ0n) is 10.5. The first kappa shape index (κ1) is 14.9. The average Bonchev–Trinajstić information content (AvgIpc) is 2.77. The fourth-order valence-electron chi connectivity index (χ4n) is 1.34. The molecule has 0 spiro atoms. The summed E-state index contributed by atoms with van der Waals surface area (Å²) < 4.78 is 36.3. The zero-order valence-corrected chi connectivity index (χ0v) is 11.4. The van der Waals surface area contributed by atoms with Crippen LogP contribution in [0, 0.1) is 5.92 Å². The van der Waals surface area contributed by atoms with E-state index in [-0.39, 0.29) is 29.4 Å². The number of carbonyl (C=O) groups excluding carboxylic acids is 1. The maximum absolute atomic E-state index is 12.0. The van der Waals surface area contributed by atoms with Crippen LogP contribution in [0.25, 0.3) is 0 Å². The van der Waals surface area contributed by atoms with E-state index in [1.807, 2.05) is 13.8 Å². The first-order chi connectivity index (χ1) is 8.40. The van der Waals surface area contributed by atoms with Crippen molar-refractivity contribution in [3.8, 4) is 0 Å². The van der Waals surface area contributed by atoms with E-state index in [1.54, 1.807) is 0 Å². The number of aldehydes is 1. The highest BCUT2D eigenvalue weighted by atomic mass is 32.2. The molecule has 6 nitrogen and oxygen atoms in total. The second-order valence-corrected chi connectivity index (χ2v) is 5.85. The van der Waals surface area contributed by atoms with Gasteiger partial charge in [0.05, 0.1) is 6.61 Å². The second kappa shape index (κ2) is 6.12. The Balaban J connectivity index is 2.89. The van der Waals surface area contributed by atoms with Gasteiger partial charge in [-0.2, -0.15) is 0 Å². The van der Waals surface area contributed by atoms with Gasteiger partial charge >= 0.3 is 0 Å². The fourth-order valence-corrected chi connectivity index (χ4v) is 2.65. The average molecular weight is 275 g/mol. The molecule has 1 aromatic heterocycles. The molecule has 0 fully saturated rings. The summed E-state index contributed by atoms with van der Waals surface area (Å²) >= 11 is 0. The minimum absolute atomic E-state index is 0.0248. The number of ether oxygens (including phenoxy) is 1. The number of hydrogen-bond acceptors (Lipinski definition) is 5. The van der Waals surface area contributed by atoms with E-state index in [9.17, 15) is 13.2 Å². The van der Waals surface area contributed by atoms with Crippen molar-refractivity contribution in [1.29, 1.82) is 0 Å². The van der Waals surface area contributed by atoms with E-state index < -0.39 is 10.0 Å². The van der Waals surface area contributed by atoms with Gasteiger partial charge in [0.15, 0.2) is 12.0 Å². The summed E-state index contributed by atoms with van der Waals surface area (Å²) in [7, 11) is -2.27. The summed E-state index contributed by atoms with van der Waals surface area (Å²) in [5.74, 6) is 0.0449. The Morgan fingerprint density at radius 3 is 2.56 bits per heavy atom. The van der Waals surface area contributed by atoms with Gasteiger partial charge in [-0.15, -0.1) is 0 Å². The van der Waals surface area contributed by atoms with Crippen molar-refractivity contribution in [2.75, 3.05) is 13.7 Å². The summed E-state index contributed by atoms with van der Waals surface area (Å²) in [5.41, 5.74) is 0. The lowest BCUT2D eigenvalue weighted by molar-refractivity contribution is 0.109. The molecular weight excluding hydrogens is 258 g/mol. The Kier molecular flexibility index (Phi) is 5.06. The van der Waals surface area contributed by atoms with Gasteiger partial charge < -0.3 is 9.15 Å². The van der Waals surface area contributed by atoms with E-state index in [2.05, 4.69) is 4.72 Å². The van der Waals surface area contributed by atoms with Crippen LogP contribution in [0.5, 0.6) is 0 Å². The third kappa shape index (κ3) is 3.66. The van der Waals surface area contributed by atoms with Crippen molar-refractivity contribution in [3.05, 3.63) is 17.9 Å². The molecule has 7 heteroatoms. The number of sulfonamides is 1. The highest BCUT2D eigenvalue weighted by Crippen LogP contribution is 2.14. The maximum Gasteiger partial charge on any atom is 0.274 e. The first-order valence-corrected chi connectivity index (χ1v) is 6.95. The van der Waals surface area contributed by atoms with Crippen LogP contribution in [0.3, 0.4) is 0 Å². The SMILES string of the molecule is COCC(NS(=O)(=O)c1ccc(C=O)o1)C(C)C. The molecule has 0 radical (unpaired) electrons. The fraction of sp³-hybridized carbons (Fsp3) is 0.545. The molecule has 1 unspecified atom stereocenters. The van der Waals surface area contributed by atoms with E-state index in [0.29, 0.717) is 6.29 Å². The summed E-state index contributed by atoms with van der Waals surface area (Å²) in [6.07, 6.45) is 0.452. The van der Waals surface area contributed by atoms with E-state index >= 15 is 0 Å². The van der Waals surface area contributed by atoms with Gasteiger partial charge in [-0.3, -0.25) is 4.79 Å². The molecule has 1 rings (SSSR count). The number of methoxy groups -OCH3 is 1. The number of hydrogen-bond donors (Lipinski definition) is 1. The minimum atomic E-state index is -3.77. The smallest absolute Gasteiger partial charge is 0.274 e. The predicted molar refractivity (Wildman–Crippen MR) is 64.9 cm³/mol. The maximum atomic E-state index is 12.0. The van der Waals surface area contributed by atoms with Gasteiger partial charge in [-0.05, 0) is 18.1 Å². The zero-order chi connectivity index (χ0) is 13.8. The Labute approximate surface area is 106 Å². The van der Waals surface area contributed by atoms with Crippen molar-refractivity contribution in [2.24, 2.45) is 5.92 Å². The molecule has 1 atom stereocenters. The Bertz CT molecular complexity index is 491. The molecule has 18 heavy (non-hydrogen) atoms. The molecule has 1 heterocycles. The van der Waals surface area contributed by atoms with Crippen molar-refractivity contribution in [1.82, 2.24) is 4.72 Å². The highest BCUT2D eigenvalue weighted by molar-refractivity contribution is 7.89. The number of furan rings is 1. The van der Waals surface area contributed by atoms with Crippen LogP contribution in [-0.2, 0) is 14.8 Å². The second-order valence-electron chi connectivity index (χ2n) is 4.20. The highest BCUT2D eigenvalue weighted by Gasteiger charge is 2.25. The molecule has 0 bridgehead atoms. The summed E-state index contributed by atoms with van der Waals surface area (Å²) in [4.78, 5) is 10.5. The summed E-state index contributed by atoms with van der Waals surface area (Å²) in [6.45, 7) is 4.02. The number of rotatable bonds is 7. The van der Waals surface area contributed by atoms with Gasteiger partial charge in [-0.25, -0.2) is 13.1 Å². The quantitative estimate of drug-likeness (QED) is 0.751. The van der Waals surface area contributed by atoms with Crippen LogP contribution < -0.4 is 4.72 Å². The van der Waals surface area contributed by atoms with E-state index in [1.165, 1.54) is 19.2 Å². The van der Waals surface area contributed by atoms with E-state index in [0.717, 1.165) is 0 Å². The van der Waals surface area contributed by atoms with Crippen molar-refractivity contribution < 1.29 is 22.4 Å². The van der Waals surface area contributed by atoms with Crippen molar-refractivity contribution >= 4 is 16.3 Å². The molecule has 1 N–H and O–H groups in total. The van der Waals surface area contributed by atoms with Crippen LogP contribution >= 0.6 is 0 Å². The lowest BCUT2D eigenvalue weighted by Gasteiger charge is -2.20. The van der Waals surface area contributed by atoms with Crippen LogP contribution in [-0.4, -0.2) is 34.5 Å². The lowest BCUT2D eigenvalue weighted by atomic mass is 10.1. The largest absolute Gasteiger partial charge is 0.440 e. The van der Waals surface area contributed by atoms with Crippen LogP contribution in [0.2, 0.25) is 0 Å². The molecule has 0 aliphatic carbocycles. The van der Waals surface area contributed by atoms with Crippen LogP contribution in [0.4, 0.5) is 0 Å². The van der Waals surface area contributed by atoms with Gasteiger partial charge in [0.25, 0.3) is 10.0 Å². The normalized spacial score (nSPS) is 13.8. The topological polar surface area (TPSA) is 85.6 Å². The first-order valence-electron chi connectivity index (χ1n) is 5.47. The number of nitrogens with one attached hydrogen (secondary N) is 1. The van der Waals surface area contributed by atoms with Crippen LogP contribution in [0.15, 0.2) is 21.6 Å². The Morgan fingerprint density at radius 2 is 2.11 bits per heavy atom. The number of carbonyl (C=O) groups is 1. The Morgan fingerprint density at radius 1 is 1.44 bits per heavy atom. The summed E-state index contributed by atoms with van der Waals surface area (Å²) in [5, 5.41) is -0.272. The van der Waals surface area contributed by atoms with Gasteiger partial charge in [0, 0.05) is 13.2 Å². The third-order valence-electron chi connectivity index (χ3n) is 2.44. The van der Waals surface area contributed by atoms with Gasteiger partial charge in [-0.1, -0.05) is 13.8 Å². The third-order valence-corrected chi connectivity index (χ3v) is 3.80. The summed E-state index contributed by atoms with van der Waals surface area (Å²) in [6, 6.07) is 2.20. The molecule has 1 aromatic rings. The molecule has 0 aliphatic rings. The molecule has 0 saturated carbocycles. The molecule has 0 aliphatic heterocycles. The van der Waals surface area contributed by atoms with Gasteiger partial charge in [0.1, 0.15) is 0 Å². The molecular formula is C11H17NO5S. The van der Waals surface area contributed by atoms with Crippen molar-refractivity contribution in [3.63, 3.8) is 0 Å². The van der Waals surface area contributed by atoms with Gasteiger partial charge in [0.2, 0.25) is 5.09 Å². The van der Waals surface area contributed by atoms with Crippen LogP contribution in [0.1, 0.15) is 24.4 Å². The van der Waals surface area contributed by atoms with E-state index in [4.69, 9.17) is 9.15 Å². The molecule has 0 aromatic carbocycles. The monoisotopic (exact) mass is 275 g/mol. The molecule has 102 valence electrons. The minimum Gasteiger partial charge on any atom is -0.440 e. The predicted octanol–water partition coefficient (Wildman–Crippen LogP) is 1.04.